The standard InChI is InChI=1S/C23H23BrN6O2S/c1-16-15-17(2)30(27-16)23-22(25-20-5-3-4-6-21(20)26-23)28-11-13-29(14-12-28)33(31,32)19-9-7-18(24)8-10-19/h3-10,15H,11-14H2,1-2H3. The molecule has 0 amide bonds. The summed E-state index contributed by atoms with van der Waals surface area (Å²) in [7, 11) is -3.55. The van der Waals surface area contributed by atoms with Crippen molar-refractivity contribution in [1.82, 2.24) is 24.1 Å². The Labute approximate surface area is 201 Å². The Morgan fingerprint density at radius 3 is 2.03 bits per heavy atom. The van der Waals surface area contributed by atoms with Crippen molar-refractivity contribution in [3.8, 4) is 5.82 Å². The molecule has 2 aromatic heterocycles. The second-order valence-corrected chi connectivity index (χ2v) is 10.9. The van der Waals surface area contributed by atoms with Crippen LogP contribution in [0.1, 0.15) is 11.4 Å². The lowest BCUT2D eigenvalue weighted by molar-refractivity contribution is 0.383. The molecular formula is C23H23BrN6O2S. The molecule has 1 fully saturated rings. The van der Waals surface area contributed by atoms with Crippen LogP contribution in [0.3, 0.4) is 0 Å². The largest absolute Gasteiger partial charge is 0.351 e. The fourth-order valence-electron chi connectivity index (χ4n) is 4.07. The monoisotopic (exact) mass is 526 g/mol. The summed E-state index contributed by atoms with van der Waals surface area (Å²) < 4.78 is 30.4. The Bertz CT molecular complexity index is 1430. The molecule has 0 N–H and O–H groups in total. The van der Waals surface area contributed by atoms with E-state index in [1.807, 2.05) is 48.9 Å². The summed E-state index contributed by atoms with van der Waals surface area (Å²) in [6, 6.07) is 16.5. The molecule has 4 aromatic rings. The molecule has 1 aliphatic heterocycles. The molecule has 2 aromatic carbocycles. The third-order valence-corrected chi connectivity index (χ3v) is 8.18. The highest BCUT2D eigenvalue weighted by Gasteiger charge is 2.30. The molecule has 3 heterocycles. The van der Waals surface area contributed by atoms with E-state index < -0.39 is 10.0 Å². The summed E-state index contributed by atoms with van der Waals surface area (Å²) in [5, 5.41) is 4.62. The lowest BCUT2D eigenvalue weighted by atomic mass is 10.3. The summed E-state index contributed by atoms with van der Waals surface area (Å²) in [6.45, 7) is 5.68. The topological polar surface area (TPSA) is 84.2 Å². The molecule has 0 spiro atoms. The van der Waals surface area contributed by atoms with Crippen molar-refractivity contribution in [2.24, 2.45) is 0 Å². The third-order valence-electron chi connectivity index (χ3n) is 5.73. The number of para-hydroxylation sites is 2. The fraction of sp³-hybridized carbons (Fsp3) is 0.261. The summed E-state index contributed by atoms with van der Waals surface area (Å²) in [6.07, 6.45) is 0. The number of aromatic nitrogens is 4. The molecule has 1 saturated heterocycles. The van der Waals surface area contributed by atoms with Gasteiger partial charge in [0.1, 0.15) is 0 Å². The lowest BCUT2D eigenvalue weighted by Gasteiger charge is -2.35. The van der Waals surface area contributed by atoms with E-state index in [1.54, 1.807) is 24.3 Å². The number of sulfonamides is 1. The van der Waals surface area contributed by atoms with Crippen molar-refractivity contribution >= 4 is 42.8 Å². The maximum Gasteiger partial charge on any atom is 0.243 e. The highest BCUT2D eigenvalue weighted by Crippen LogP contribution is 2.27. The zero-order valence-corrected chi connectivity index (χ0v) is 20.7. The summed E-state index contributed by atoms with van der Waals surface area (Å²) in [4.78, 5) is 12.2. The fourth-order valence-corrected chi connectivity index (χ4v) is 5.76. The normalized spacial score (nSPS) is 15.3. The van der Waals surface area contributed by atoms with E-state index in [1.165, 1.54) is 4.31 Å². The molecule has 0 aliphatic carbocycles. The van der Waals surface area contributed by atoms with Gasteiger partial charge in [-0.1, -0.05) is 28.1 Å². The van der Waals surface area contributed by atoms with E-state index in [-0.39, 0.29) is 0 Å². The second kappa shape index (κ2) is 8.51. The average molecular weight is 527 g/mol. The van der Waals surface area contributed by atoms with Gasteiger partial charge < -0.3 is 4.90 Å². The van der Waals surface area contributed by atoms with E-state index in [4.69, 9.17) is 9.97 Å². The van der Waals surface area contributed by atoms with E-state index in [0.29, 0.717) is 42.7 Å². The smallest absolute Gasteiger partial charge is 0.243 e. The van der Waals surface area contributed by atoms with Crippen molar-refractivity contribution in [3.05, 3.63) is 70.5 Å². The van der Waals surface area contributed by atoms with Gasteiger partial charge in [-0.15, -0.1) is 0 Å². The molecule has 5 rings (SSSR count). The van der Waals surface area contributed by atoms with Gasteiger partial charge in [-0.3, -0.25) is 0 Å². The Morgan fingerprint density at radius 1 is 0.848 bits per heavy atom. The van der Waals surface area contributed by atoms with Crippen molar-refractivity contribution in [2.75, 3.05) is 31.1 Å². The molecule has 0 bridgehead atoms. The SMILES string of the molecule is Cc1cc(C)n(-c2nc3ccccc3nc2N2CCN(S(=O)(=O)c3ccc(Br)cc3)CC2)n1. The number of anilines is 1. The number of piperazine rings is 1. The molecule has 10 heteroatoms. The number of fused-ring (bicyclic) bond motifs is 1. The van der Waals surface area contributed by atoms with Gasteiger partial charge in [-0.05, 0) is 56.3 Å². The molecule has 1 aliphatic rings. The van der Waals surface area contributed by atoms with Crippen LogP contribution in [0.4, 0.5) is 5.82 Å². The van der Waals surface area contributed by atoms with Crippen LogP contribution in [0, 0.1) is 13.8 Å². The van der Waals surface area contributed by atoms with Gasteiger partial charge >= 0.3 is 0 Å². The highest BCUT2D eigenvalue weighted by molar-refractivity contribution is 9.10. The minimum Gasteiger partial charge on any atom is -0.351 e. The molecular weight excluding hydrogens is 504 g/mol. The number of rotatable bonds is 4. The average Bonchev–Trinajstić information content (AvgIpc) is 3.16. The van der Waals surface area contributed by atoms with Crippen LogP contribution in [0.25, 0.3) is 16.9 Å². The predicted molar refractivity (Wildman–Crippen MR) is 131 cm³/mol. The zero-order valence-electron chi connectivity index (χ0n) is 18.3. The summed E-state index contributed by atoms with van der Waals surface area (Å²) >= 11 is 3.36. The van der Waals surface area contributed by atoms with Crippen molar-refractivity contribution in [3.63, 3.8) is 0 Å². The quantitative estimate of drug-likeness (QED) is 0.403. The van der Waals surface area contributed by atoms with Gasteiger partial charge in [-0.25, -0.2) is 23.1 Å². The maximum absolute atomic E-state index is 13.1. The van der Waals surface area contributed by atoms with Gasteiger partial charge in [0.15, 0.2) is 11.6 Å². The molecule has 0 radical (unpaired) electrons. The number of benzene rings is 2. The van der Waals surface area contributed by atoms with Crippen LogP contribution in [0.5, 0.6) is 0 Å². The van der Waals surface area contributed by atoms with Gasteiger partial charge in [0.2, 0.25) is 10.0 Å². The minimum atomic E-state index is -3.55. The van der Waals surface area contributed by atoms with Crippen LogP contribution in [0.2, 0.25) is 0 Å². The first-order chi connectivity index (χ1) is 15.8. The van der Waals surface area contributed by atoms with Crippen LogP contribution in [-0.2, 0) is 10.0 Å². The van der Waals surface area contributed by atoms with Gasteiger partial charge in [-0.2, -0.15) is 9.40 Å². The lowest BCUT2D eigenvalue weighted by Crippen LogP contribution is -2.49. The van der Waals surface area contributed by atoms with Gasteiger partial charge in [0, 0.05) is 36.3 Å². The molecule has 0 saturated carbocycles. The maximum atomic E-state index is 13.1. The van der Waals surface area contributed by atoms with Crippen molar-refractivity contribution in [2.45, 2.75) is 18.7 Å². The van der Waals surface area contributed by atoms with E-state index in [9.17, 15) is 8.42 Å². The van der Waals surface area contributed by atoms with Gasteiger partial charge in [0.25, 0.3) is 0 Å². The Morgan fingerprint density at radius 2 is 1.45 bits per heavy atom. The minimum absolute atomic E-state index is 0.299. The molecule has 33 heavy (non-hydrogen) atoms. The van der Waals surface area contributed by atoms with E-state index >= 15 is 0 Å². The molecule has 170 valence electrons. The Hall–Kier alpha value is -2.82. The van der Waals surface area contributed by atoms with Crippen LogP contribution < -0.4 is 4.90 Å². The second-order valence-electron chi connectivity index (χ2n) is 8.04. The van der Waals surface area contributed by atoms with E-state index in [0.717, 1.165) is 26.9 Å². The van der Waals surface area contributed by atoms with E-state index in [2.05, 4.69) is 25.9 Å². The highest BCUT2D eigenvalue weighted by atomic mass is 79.9. The summed E-state index contributed by atoms with van der Waals surface area (Å²) in [5.41, 5.74) is 3.46. The summed E-state index contributed by atoms with van der Waals surface area (Å²) in [5.74, 6) is 1.36. The predicted octanol–water partition coefficient (Wildman–Crippen LogP) is 3.71. The zero-order chi connectivity index (χ0) is 23.2. The third kappa shape index (κ3) is 4.14. The number of hydrogen-bond donors (Lipinski definition) is 0. The van der Waals surface area contributed by atoms with Crippen molar-refractivity contribution in [1.29, 1.82) is 0 Å². The van der Waals surface area contributed by atoms with Crippen LogP contribution in [-0.4, -0.2) is 58.7 Å². The molecule has 8 nitrogen and oxygen atoms in total. The molecule has 0 unspecified atom stereocenters. The van der Waals surface area contributed by atoms with Crippen LogP contribution >= 0.6 is 15.9 Å². The number of halogens is 1. The first kappa shape index (κ1) is 22.0. The van der Waals surface area contributed by atoms with Crippen molar-refractivity contribution < 1.29 is 8.42 Å². The number of nitrogens with zero attached hydrogens (tertiary/aromatic N) is 6. The first-order valence-electron chi connectivity index (χ1n) is 10.6. The first-order valence-corrected chi connectivity index (χ1v) is 12.9. The Balaban J connectivity index is 1.47. The van der Waals surface area contributed by atoms with Crippen LogP contribution in [0.15, 0.2) is 64.0 Å². The number of aryl methyl sites for hydroxylation is 2. The Kier molecular flexibility index (Phi) is 5.67. The molecule has 0 atom stereocenters. The van der Waals surface area contributed by atoms with Gasteiger partial charge in [0.05, 0.1) is 21.6 Å². The number of hydrogen-bond acceptors (Lipinski definition) is 6.